The molecule has 0 bridgehead atoms. The fourth-order valence-electron chi connectivity index (χ4n) is 0.709. The second-order valence-electron chi connectivity index (χ2n) is 1.86. The van der Waals surface area contributed by atoms with Gasteiger partial charge in [-0.15, -0.1) is 0 Å². The summed E-state index contributed by atoms with van der Waals surface area (Å²) in [5.41, 5.74) is 0.317. The summed E-state index contributed by atoms with van der Waals surface area (Å²) in [6.07, 6.45) is 6.82. The van der Waals surface area contributed by atoms with Crippen LogP contribution in [0.2, 0.25) is 0 Å². The fourth-order valence-corrected chi connectivity index (χ4v) is 0.709. The third-order valence-electron chi connectivity index (χ3n) is 1.19. The SMILES string of the molecule is O=[C]NC1=CC=CCC1=O. The molecule has 0 aliphatic heterocycles. The molecule has 3 nitrogen and oxygen atoms in total. The lowest BCUT2D eigenvalue weighted by atomic mass is 10.1. The number of Topliss-reactive ketones (excluding diaryl/α,β-unsaturated/α-hetero) is 1. The maximum atomic E-state index is 10.8. The molecule has 0 spiro atoms. The maximum absolute atomic E-state index is 10.8. The molecule has 1 rings (SSSR count). The number of carbonyl (C=O) groups is 1. The smallest absolute Gasteiger partial charge is 0.314 e. The predicted molar refractivity (Wildman–Crippen MR) is 35.7 cm³/mol. The Hall–Kier alpha value is -1.38. The van der Waals surface area contributed by atoms with E-state index in [2.05, 4.69) is 5.32 Å². The van der Waals surface area contributed by atoms with E-state index in [1.165, 1.54) is 6.41 Å². The lowest BCUT2D eigenvalue weighted by Gasteiger charge is -2.03. The largest absolute Gasteiger partial charge is 0.315 e. The Bertz CT molecular complexity index is 216. The molecule has 51 valence electrons. The van der Waals surface area contributed by atoms with Gasteiger partial charge in [0.05, 0.1) is 5.70 Å². The van der Waals surface area contributed by atoms with Crippen molar-refractivity contribution in [2.75, 3.05) is 0 Å². The minimum atomic E-state index is -0.0779. The number of nitrogens with one attached hydrogen (secondary N) is 1. The van der Waals surface area contributed by atoms with Gasteiger partial charge in [0.2, 0.25) is 0 Å². The van der Waals surface area contributed by atoms with Gasteiger partial charge >= 0.3 is 6.41 Å². The van der Waals surface area contributed by atoms with Gasteiger partial charge in [-0.2, -0.15) is 0 Å². The van der Waals surface area contributed by atoms with Crippen molar-refractivity contribution in [2.45, 2.75) is 6.42 Å². The van der Waals surface area contributed by atoms with Gasteiger partial charge in [-0.1, -0.05) is 12.2 Å². The van der Waals surface area contributed by atoms with Crippen molar-refractivity contribution in [1.29, 1.82) is 0 Å². The summed E-state index contributed by atoms with van der Waals surface area (Å²) in [5.74, 6) is -0.0779. The van der Waals surface area contributed by atoms with Crippen molar-refractivity contribution < 1.29 is 9.59 Å². The Labute approximate surface area is 58.4 Å². The molecule has 0 fully saturated rings. The summed E-state index contributed by atoms with van der Waals surface area (Å²) >= 11 is 0. The van der Waals surface area contributed by atoms with Crippen LogP contribution in [0.3, 0.4) is 0 Å². The predicted octanol–water partition coefficient (Wildman–Crippen LogP) is 0.0561. The number of amides is 1. The van der Waals surface area contributed by atoms with Crippen LogP contribution in [-0.4, -0.2) is 12.2 Å². The lowest BCUT2D eigenvalue weighted by Crippen LogP contribution is -2.19. The van der Waals surface area contributed by atoms with Crippen LogP contribution < -0.4 is 5.32 Å². The molecule has 0 unspecified atom stereocenters. The van der Waals surface area contributed by atoms with Crippen LogP contribution in [0.1, 0.15) is 6.42 Å². The quantitative estimate of drug-likeness (QED) is 0.545. The molecule has 1 amide bonds. The van der Waals surface area contributed by atoms with Crippen LogP contribution in [0.15, 0.2) is 23.9 Å². The summed E-state index contributed by atoms with van der Waals surface area (Å²) < 4.78 is 0. The molecular formula is C7H6NO2. The van der Waals surface area contributed by atoms with Crippen molar-refractivity contribution in [3.8, 4) is 0 Å². The van der Waals surface area contributed by atoms with E-state index in [0.29, 0.717) is 12.1 Å². The van der Waals surface area contributed by atoms with Gasteiger partial charge in [-0.05, 0) is 6.08 Å². The number of carbonyl (C=O) groups excluding carboxylic acids is 2. The Morgan fingerprint density at radius 3 is 3.00 bits per heavy atom. The second kappa shape index (κ2) is 2.96. The molecule has 1 N–H and O–H groups in total. The third-order valence-corrected chi connectivity index (χ3v) is 1.19. The van der Waals surface area contributed by atoms with Gasteiger partial charge in [-0.3, -0.25) is 9.59 Å². The molecule has 0 atom stereocenters. The van der Waals surface area contributed by atoms with Gasteiger partial charge in [0.15, 0.2) is 5.78 Å². The topological polar surface area (TPSA) is 46.2 Å². The zero-order valence-electron chi connectivity index (χ0n) is 5.26. The highest BCUT2D eigenvalue weighted by molar-refractivity contribution is 5.98. The monoisotopic (exact) mass is 136 g/mol. The lowest BCUT2D eigenvalue weighted by molar-refractivity contribution is -0.115. The summed E-state index contributed by atoms with van der Waals surface area (Å²) in [6, 6.07) is 0. The normalized spacial score (nSPS) is 16.4. The molecule has 0 aromatic heterocycles. The highest BCUT2D eigenvalue weighted by atomic mass is 16.1. The first-order valence-corrected chi connectivity index (χ1v) is 2.88. The first kappa shape index (κ1) is 6.74. The first-order valence-electron chi connectivity index (χ1n) is 2.88. The fraction of sp³-hybridized carbons (Fsp3) is 0.143. The van der Waals surface area contributed by atoms with Gasteiger partial charge in [0.1, 0.15) is 0 Å². The van der Waals surface area contributed by atoms with Gasteiger partial charge in [0, 0.05) is 6.42 Å². The third kappa shape index (κ3) is 1.31. The number of rotatable bonds is 2. The molecule has 0 aromatic rings. The van der Waals surface area contributed by atoms with Crippen molar-refractivity contribution in [1.82, 2.24) is 5.32 Å². The van der Waals surface area contributed by atoms with Crippen LogP contribution in [0, 0.1) is 0 Å². The summed E-state index contributed by atoms with van der Waals surface area (Å²) in [4.78, 5) is 20.6. The molecule has 0 saturated heterocycles. The molecular weight excluding hydrogens is 130 g/mol. The van der Waals surface area contributed by atoms with Gasteiger partial charge in [0.25, 0.3) is 0 Å². The van der Waals surface area contributed by atoms with E-state index < -0.39 is 0 Å². The number of allylic oxidation sites excluding steroid dienone is 4. The standard InChI is InChI=1S/C7H6NO2/c9-5-8-6-3-1-2-4-7(6)10/h1-3H,4H2,(H,8,9). The van der Waals surface area contributed by atoms with E-state index in [1.807, 2.05) is 0 Å². The van der Waals surface area contributed by atoms with E-state index in [4.69, 9.17) is 0 Å². The van der Waals surface area contributed by atoms with Crippen molar-refractivity contribution in [3.63, 3.8) is 0 Å². The van der Waals surface area contributed by atoms with Crippen molar-refractivity contribution >= 4 is 12.2 Å². The molecule has 0 saturated carbocycles. The van der Waals surface area contributed by atoms with E-state index in [-0.39, 0.29) is 5.78 Å². The zero-order valence-corrected chi connectivity index (χ0v) is 5.26. The Kier molecular flexibility index (Phi) is 1.99. The summed E-state index contributed by atoms with van der Waals surface area (Å²) in [6.45, 7) is 0. The summed E-state index contributed by atoms with van der Waals surface area (Å²) in [5, 5.41) is 2.19. The molecule has 1 radical (unpaired) electrons. The van der Waals surface area contributed by atoms with Gasteiger partial charge in [-0.25, -0.2) is 0 Å². The first-order chi connectivity index (χ1) is 4.84. The average molecular weight is 136 g/mol. The molecule has 3 heteroatoms. The van der Waals surface area contributed by atoms with Crippen LogP contribution in [-0.2, 0) is 9.59 Å². The minimum Gasteiger partial charge on any atom is -0.315 e. The highest BCUT2D eigenvalue weighted by Gasteiger charge is 2.08. The molecule has 1 aliphatic carbocycles. The van der Waals surface area contributed by atoms with E-state index in [9.17, 15) is 9.59 Å². The molecule has 1 aliphatic rings. The molecule has 10 heavy (non-hydrogen) atoms. The van der Waals surface area contributed by atoms with E-state index in [0.717, 1.165) is 0 Å². The Morgan fingerprint density at radius 2 is 2.40 bits per heavy atom. The number of hydrogen-bond acceptors (Lipinski definition) is 2. The van der Waals surface area contributed by atoms with Crippen molar-refractivity contribution in [3.05, 3.63) is 23.9 Å². The van der Waals surface area contributed by atoms with Gasteiger partial charge < -0.3 is 5.32 Å². The Morgan fingerprint density at radius 1 is 1.60 bits per heavy atom. The number of ketones is 1. The van der Waals surface area contributed by atoms with Crippen molar-refractivity contribution in [2.24, 2.45) is 0 Å². The molecule has 0 aromatic carbocycles. The van der Waals surface area contributed by atoms with Crippen LogP contribution >= 0.6 is 0 Å². The minimum absolute atomic E-state index is 0.0779. The van der Waals surface area contributed by atoms with Crippen LogP contribution in [0.25, 0.3) is 0 Å². The van der Waals surface area contributed by atoms with E-state index in [1.54, 1.807) is 18.2 Å². The van der Waals surface area contributed by atoms with Crippen LogP contribution in [0.4, 0.5) is 0 Å². The maximum Gasteiger partial charge on any atom is 0.314 e. The summed E-state index contributed by atoms with van der Waals surface area (Å²) in [7, 11) is 0. The second-order valence-corrected chi connectivity index (χ2v) is 1.86. The highest BCUT2D eigenvalue weighted by Crippen LogP contribution is 2.02. The van der Waals surface area contributed by atoms with Crippen LogP contribution in [0.5, 0.6) is 0 Å². The van der Waals surface area contributed by atoms with E-state index >= 15 is 0 Å². The zero-order chi connectivity index (χ0) is 7.40. The number of hydrogen-bond donors (Lipinski definition) is 1. The molecule has 0 heterocycles. The Balaban J connectivity index is 2.70. The average Bonchev–Trinajstić information content (AvgIpc) is 1.94.